The van der Waals surface area contributed by atoms with Crippen LogP contribution in [0.15, 0.2) is 60.9 Å². The van der Waals surface area contributed by atoms with E-state index in [9.17, 15) is 9.18 Å². The number of hydrogen-bond acceptors (Lipinski definition) is 3. The van der Waals surface area contributed by atoms with Crippen molar-refractivity contribution in [2.75, 3.05) is 5.32 Å². The normalized spacial score (nSPS) is 11.0. The molecule has 1 aromatic carbocycles. The molecule has 3 aromatic heterocycles. The van der Waals surface area contributed by atoms with Crippen molar-refractivity contribution in [1.29, 1.82) is 0 Å². The third-order valence-corrected chi connectivity index (χ3v) is 5.03. The smallest absolute Gasteiger partial charge is 0.225 e. The number of carbonyl (C=O) groups excluding carboxylic acids is 1. The van der Waals surface area contributed by atoms with Crippen LogP contribution in [0.25, 0.3) is 33.4 Å². The molecule has 0 saturated carbocycles. The zero-order chi connectivity index (χ0) is 20.9. The molecular formula is C24H23FN4O. The largest absolute Gasteiger partial charge is 0.339 e. The number of aromatic amines is 1. The number of hydrogen-bond donors (Lipinski definition) is 2. The van der Waals surface area contributed by atoms with Crippen LogP contribution in [0.3, 0.4) is 0 Å². The van der Waals surface area contributed by atoms with Crippen LogP contribution in [-0.4, -0.2) is 20.9 Å². The van der Waals surface area contributed by atoms with Gasteiger partial charge in [0.1, 0.15) is 17.3 Å². The number of halogens is 1. The van der Waals surface area contributed by atoms with E-state index < -0.39 is 0 Å². The molecule has 0 saturated heterocycles. The van der Waals surface area contributed by atoms with Gasteiger partial charge in [0, 0.05) is 29.8 Å². The number of fused-ring (bicyclic) bond motifs is 1. The Hall–Kier alpha value is -3.54. The van der Waals surface area contributed by atoms with E-state index in [2.05, 4.69) is 27.2 Å². The molecule has 0 fully saturated rings. The molecule has 5 nitrogen and oxygen atoms in total. The average molecular weight is 402 g/mol. The second kappa shape index (κ2) is 8.86. The van der Waals surface area contributed by atoms with Crippen LogP contribution < -0.4 is 5.32 Å². The van der Waals surface area contributed by atoms with Crippen LogP contribution in [0.2, 0.25) is 0 Å². The molecule has 0 atom stereocenters. The van der Waals surface area contributed by atoms with Gasteiger partial charge < -0.3 is 10.3 Å². The second-order valence-electron chi connectivity index (χ2n) is 7.22. The lowest BCUT2D eigenvalue weighted by Crippen LogP contribution is -2.12. The quantitative estimate of drug-likeness (QED) is 0.375. The van der Waals surface area contributed by atoms with E-state index in [0.717, 1.165) is 47.0 Å². The first-order chi connectivity index (χ1) is 14.7. The molecular weight excluding hydrogens is 379 g/mol. The van der Waals surface area contributed by atoms with Crippen LogP contribution in [0.5, 0.6) is 0 Å². The van der Waals surface area contributed by atoms with Crippen molar-refractivity contribution in [3.05, 3.63) is 66.7 Å². The Balaban J connectivity index is 1.74. The van der Waals surface area contributed by atoms with Gasteiger partial charge in [-0.2, -0.15) is 0 Å². The third-order valence-electron chi connectivity index (χ3n) is 5.03. The number of rotatable bonds is 7. The van der Waals surface area contributed by atoms with E-state index in [0.29, 0.717) is 17.9 Å². The molecule has 0 aliphatic rings. The van der Waals surface area contributed by atoms with Crippen molar-refractivity contribution >= 4 is 22.8 Å². The zero-order valence-corrected chi connectivity index (χ0v) is 16.8. The Labute approximate surface area is 174 Å². The number of carbonyl (C=O) groups is 1. The van der Waals surface area contributed by atoms with E-state index in [1.165, 1.54) is 12.1 Å². The lowest BCUT2D eigenvalue weighted by molar-refractivity contribution is -0.116. The summed E-state index contributed by atoms with van der Waals surface area (Å²) in [5, 5.41) is 3.80. The van der Waals surface area contributed by atoms with Crippen molar-refractivity contribution in [2.45, 2.75) is 32.6 Å². The Bertz CT molecular complexity index is 1150. The second-order valence-corrected chi connectivity index (χ2v) is 7.22. The van der Waals surface area contributed by atoms with Crippen molar-refractivity contribution in [3.8, 4) is 22.4 Å². The summed E-state index contributed by atoms with van der Waals surface area (Å²) in [6, 6.07) is 14.0. The summed E-state index contributed by atoms with van der Waals surface area (Å²) in [5.41, 5.74) is 4.30. The molecule has 152 valence electrons. The standard InChI is InChI=1S/C24H23FN4O/c1-2-3-4-5-21(30)27-20-11-10-19-22(16-12-14-26-15-13-16)23(29-24(19)28-20)17-6-8-18(25)9-7-17/h6-15H,2-5H2,1H3,(H2,27,28,29,30). The van der Waals surface area contributed by atoms with E-state index in [1.54, 1.807) is 24.5 Å². The summed E-state index contributed by atoms with van der Waals surface area (Å²) in [7, 11) is 0. The van der Waals surface area contributed by atoms with Gasteiger partial charge in [-0.1, -0.05) is 19.8 Å². The van der Waals surface area contributed by atoms with Gasteiger partial charge in [0.15, 0.2) is 0 Å². The molecule has 2 N–H and O–H groups in total. The molecule has 3 heterocycles. The minimum absolute atomic E-state index is 0.0324. The first kappa shape index (κ1) is 19.8. The summed E-state index contributed by atoms with van der Waals surface area (Å²) in [6.45, 7) is 2.11. The highest BCUT2D eigenvalue weighted by atomic mass is 19.1. The van der Waals surface area contributed by atoms with Crippen molar-refractivity contribution in [3.63, 3.8) is 0 Å². The highest BCUT2D eigenvalue weighted by Crippen LogP contribution is 2.38. The molecule has 4 rings (SSSR count). The van der Waals surface area contributed by atoms with Crippen LogP contribution in [0, 0.1) is 5.82 Å². The maximum atomic E-state index is 13.4. The van der Waals surface area contributed by atoms with Gasteiger partial charge in [0.05, 0.1) is 5.69 Å². The number of amides is 1. The van der Waals surface area contributed by atoms with Crippen LogP contribution in [0.4, 0.5) is 10.2 Å². The maximum absolute atomic E-state index is 13.4. The number of nitrogens with zero attached hydrogens (tertiary/aromatic N) is 2. The first-order valence-electron chi connectivity index (χ1n) is 10.1. The van der Waals surface area contributed by atoms with Crippen LogP contribution in [-0.2, 0) is 4.79 Å². The SMILES string of the molecule is CCCCCC(=O)Nc1ccc2c(-c3ccncc3)c(-c3ccc(F)cc3)[nH]c2n1. The minimum Gasteiger partial charge on any atom is -0.339 e. The summed E-state index contributed by atoms with van der Waals surface area (Å²) in [6.07, 6.45) is 6.94. The fraction of sp³-hybridized carbons (Fsp3) is 0.208. The summed E-state index contributed by atoms with van der Waals surface area (Å²) >= 11 is 0. The molecule has 30 heavy (non-hydrogen) atoms. The number of aromatic nitrogens is 3. The minimum atomic E-state index is -0.286. The van der Waals surface area contributed by atoms with Gasteiger partial charge in [-0.05, 0) is 66.1 Å². The molecule has 0 unspecified atom stereocenters. The topological polar surface area (TPSA) is 70.7 Å². The number of anilines is 1. The van der Waals surface area contributed by atoms with E-state index in [4.69, 9.17) is 0 Å². The van der Waals surface area contributed by atoms with E-state index in [-0.39, 0.29) is 11.7 Å². The van der Waals surface area contributed by atoms with Gasteiger partial charge in [0.2, 0.25) is 5.91 Å². The monoisotopic (exact) mass is 402 g/mol. The zero-order valence-electron chi connectivity index (χ0n) is 16.8. The molecule has 0 aliphatic carbocycles. The Morgan fingerprint density at radius 2 is 1.77 bits per heavy atom. The van der Waals surface area contributed by atoms with Gasteiger partial charge in [0.25, 0.3) is 0 Å². The molecule has 4 aromatic rings. The summed E-state index contributed by atoms with van der Waals surface area (Å²) in [4.78, 5) is 24.2. The highest BCUT2D eigenvalue weighted by molar-refractivity contribution is 6.03. The van der Waals surface area contributed by atoms with Gasteiger partial charge >= 0.3 is 0 Å². The highest BCUT2D eigenvalue weighted by Gasteiger charge is 2.17. The van der Waals surface area contributed by atoms with E-state index >= 15 is 0 Å². The lowest BCUT2D eigenvalue weighted by atomic mass is 10.00. The van der Waals surface area contributed by atoms with Gasteiger partial charge in [-0.25, -0.2) is 9.37 Å². The van der Waals surface area contributed by atoms with Crippen molar-refractivity contribution < 1.29 is 9.18 Å². The van der Waals surface area contributed by atoms with Crippen molar-refractivity contribution in [1.82, 2.24) is 15.0 Å². The lowest BCUT2D eigenvalue weighted by Gasteiger charge is -2.06. The molecule has 0 radical (unpaired) electrons. The third kappa shape index (κ3) is 4.22. The number of H-pyrrole nitrogens is 1. The van der Waals surface area contributed by atoms with E-state index in [1.807, 2.05) is 24.3 Å². The van der Waals surface area contributed by atoms with Crippen LogP contribution >= 0.6 is 0 Å². The fourth-order valence-corrected chi connectivity index (χ4v) is 3.53. The Morgan fingerprint density at radius 1 is 1.00 bits per heavy atom. The molecule has 0 spiro atoms. The molecule has 6 heteroatoms. The average Bonchev–Trinajstić information content (AvgIpc) is 3.14. The first-order valence-corrected chi connectivity index (χ1v) is 10.1. The number of nitrogens with one attached hydrogen (secondary N) is 2. The Morgan fingerprint density at radius 3 is 2.50 bits per heavy atom. The van der Waals surface area contributed by atoms with Gasteiger partial charge in [-0.15, -0.1) is 0 Å². The summed E-state index contributed by atoms with van der Waals surface area (Å²) in [5.74, 6) is 0.193. The number of pyridine rings is 2. The summed E-state index contributed by atoms with van der Waals surface area (Å²) < 4.78 is 13.4. The number of unbranched alkanes of at least 4 members (excludes halogenated alkanes) is 2. The van der Waals surface area contributed by atoms with Gasteiger partial charge in [-0.3, -0.25) is 9.78 Å². The number of benzene rings is 1. The molecule has 0 aliphatic heterocycles. The Kier molecular flexibility index (Phi) is 5.84. The maximum Gasteiger partial charge on any atom is 0.225 e. The predicted molar refractivity (Wildman–Crippen MR) is 117 cm³/mol. The predicted octanol–water partition coefficient (Wildman–Crippen LogP) is 5.95. The van der Waals surface area contributed by atoms with Crippen LogP contribution in [0.1, 0.15) is 32.6 Å². The molecule has 1 amide bonds. The fourth-order valence-electron chi connectivity index (χ4n) is 3.53. The molecule has 0 bridgehead atoms. The van der Waals surface area contributed by atoms with Crippen molar-refractivity contribution in [2.24, 2.45) is 0 Å².